The minimum atomic E-state index is -0.897. The van der Waals surface area contributed by atoms with Crippen LogP contribution in [0.3, 0.4) is 0 Å². The van der Waals surface area contributed by atoms with E-state index in [0.717, 1.165) is 19.6 Å². The summed E-state index contributed by atoms with van der Waals surface area (Å²) in [7, 11) is 0. The molecule has 1 heterocycles. The molecule has 2 unspecified atom stereocenters. The van der Waals surface area contributed by atoms with Crippen molar-refractivity contribution < 1.29 is 9.90 Å². The fraction of sp³-hybridized carbons (Fsp3) is 0.917. The summed E-state index contributed by atoms with van der Waals surface area (Å²) in [6.07, 6.45) is 1.76. The van der Waals surface area contributed by atoms with E-state index in [9.17, 15) is 4.79 Å². The Morgan fingerprint density at radius 2 is 2.19 bits per heavy atom. The van der Waals surface area contributed by atoms with Gasteiger partial charge >= 0.3 is 5.97 Å². The number of nitrogens with zero attached hydrogens (tertiary/aromatic N) is 1. The van der Waals surface area contributed by atoms with Crippen molar-refractivity contribution in [3.05, 3.63) is 0 Å². The van der Waals surface area contributed by atoms with Crippen molar-refractivity contribution in [1.29, 1.82) is 0 Å². The lowest BCUT2D eigenvalue weighted by molar-refractivity contribution is -0.138. The zero-order valence-electron chi connectivity index (χ0n) is 10.6. The van der Waals surface area contributed by atoms with E-state index in [-0.39, 0.29) is 0 Å². The maximum absolute atomic E-state index is 10.6. The van der Waals surface area contributed by atoms with Crippen LogP contribution in [0.5, 0.6) is 0 Å². The molecule has 0 aromatic carbocycles. The van der Waals surface area contributed by atoms with E-state index in [0.29, 0.717) is 17.8 Å². The molecule has 0 aliphatic carbocycles. The van der Waals surface area contributed by atoms with Crippen molar-refractivity contribution in [2.24, 2.45) is 17.1 Å². The first-order chi connectivity index (χ1) is 7.30. The molecule has 1 saturated heterocycles. The van der Waals surface area contributed by atoms with Gasteiger partial charge in [-0.05, 0) is 30.7 Å². The smallest absolute Gasteiger partial charge is 0.320 e. The van der Waals surface area contributed by atoms with E-state index < -0.39 is 12.0 Å². The minimum absolute atomic E-state index is 0.351. The minimum Gasteiger partial charge on any atom is -0.480 e. The van der Waals surface area contributed by atoms with E-state index >= 15 is 0 Å². The van der Waals surface area contributed by atoms with Crippen molar-refractivity contribution in [2.45, 2.75) is 39.7 Å². The van der Waals surface area contributed by atoms with Gasteiger partial charge in [0.2, 0.25) is 0 Å². The van der Waals surface area contributed by atoms with E-state index in [2.05, 4.69) is 25.7 Å². The Labute approximate surface area is 97.8 Å². The molecule has 94 valence electrons. The number of likely N-dealkylation sites (tertiary alicyclic amines) is 1. The van der Waals surface area contributed by atoms with Crippen LogP contribution >= 0.6 is 0 Å². The predicted molar refractivity (Wildman–Crippen MR) is 64.2 cm³/mol. The summed E-state index contributed by atoms with van der Waals surface area (Å²) < 4.78 is 0. The zero-order valence-corrected chi connectivity index (χ0v) is 10.6. The fourth-order valence-electron chi connectivity index (χ4n) is 2.19. The summed E-state index contributed by atoms with van der Waals surface area (Å²) in [6, 6.07) is -0.714. The topological polar surface area (TPSA) is 66.6 Å². The van der Waals surface area contributed by atoms with Crippen LogP contribution < -0.4 is 5.73 Å². The van der Waals surface area contributed by atoms with Gasteiger partial charge in [0.05, 0.1) is 0 Å². The molecule has 1 aliphatic rings. The van der Waals surface area contributed by atoms with Crippen molar-refractivity contribution >= 4 is 5.97 Å². The number of carbonyl (C=O) groups is 1. The number of hydrogen-bond acceptors (Lipinski definition) is 3. The maximum atomic E-state index is 10.6. The third kappa shape index (κ3) is 3.76. The quantitative estimate of drug-likeness (QED) is 0.757. The Kier molecular flexibility index (Phi) is 4.33. The standard InChI is InChI=1S/C12H24N2O2/c1-12(2,3)9-4-6-14(8-9)7-5-10(13)11(15)16/h9-10H,4-8,13H2,1-3H3,(H,15,16). The van der Waals surface area contributed by atoms with Crippen LogP contribution in [-0.2, 0) is 4.79 Å². The van der Waals surface area contributed by atoms with Gasteiger partial charge in [-0.25, -0.2) is 0 Å². The number of aliphatic carboxylic acids is 1. The van der Waals surface area contributed by atoms with Crippen molar-refractivity contribution in [3.8, 4) is 0 Å². The molecule has 1 aliphatic heterocycles. The normalized spacial score (nSPS) is 24.6. The molecule has 0 bridgehead atoms. The summed E-state index contributed by atoms with van der Waals surface area (Å²) >= 11 is 0. The van der Waals surface area contributed by atoms with Crippen LogP contribution in [0.25, 0.3) is 0 Å². The molecular formula is C12H24N2O2. The largest absolute Gasteiger partial charge is 0.480 e. The van der Waals surface area contributed by atoms with Crippen LogP contribution in [0, 0.1) is 11.3 Å². The van der Waals surface area contributed by atoms with Crippen LogP contribution in [-0.4, -0.2) is 41.7 Å². The van der Waals surface area contributed by atoms with E-state index in [1.54, 1.807) is 0 Å². The molecule has 1 fully saturated rings. The van der Waals surface area contributed by atoms with Crippen molar-refractivity contribution in [3.63, 3.8) is 0 Å². The molecule has 0 radical (unpaired) electrons. The number of nitrogens with two attached hydrogens (primary N) is 1. The highest BCUT2D eigenvalue weighted by molar-refractivity contribution is 5.72. The molecule has 16 heavy (non-hydrogen) atoms. The SMILES string of the molecule is CC(C)(C)C1CCN(CCC(N)C(=O)O)C1. The summed E-state index contributed by atoms with van der Waals surface area (Å²) in [5.41, 5.74) is 5.84. The summed E-state index contributed by atoms with van der Waals surface area (Å²) in [6.45, 7) is 9.77. The number of hydrogen-bond donors (Lipinski definition) is 2. The van der Waals surface area contributed by atoms with Gasteiger partial charge in [0.15, 0.2) is 0 Å². The molecule has 0 spiro atoms. The van der Waals surface area contributed by atoms with Crippen molar-refractivity contribution in [2.75, 3.05) is 19.6 Å². The van der Waals surface area contributed by atoms with Crippen molar-refractivity contribution in [1.82, 2.24) is 4.90 Å². The predicted octanol–water partition coefficient (Wildman–Crippen LogP) is 1.16. The Hall–Kier alpha value is -0.610. The maximum Gasteiger partial charge on any atom is 0.320 e. The van der Waals surface area contributed by atoms with E-state index in [1.807, 2.05) is 0 Å². The van der Waals surface area contributed by atoms with Gasteiger partial charge in [-0.2, -0.15) is 0 Å². The summed E-state index contributed by atoms with van der Waals surface area (Å²) in [5.74, 6) is -0.180. The molecular weight excluding hydrogens is 204 g/mol. The van der Waals surface area contributed by atoms with Gasteiger partial charge in [-0.15, -0.1) is 0 Å². The number of rotatable bonds is 4. The summed E-state index contributed by atoms with van der Waals surface area (Å²) in [5, 5.41) is 8.69. The van der Waals surface area contributed by atoms with Gasteiger partial charge in [-0.3, -0.25) is 4.79 Å². The molecule has 0 aromatic rings. The average molecular weight is 228 g/mol. The third-order valence-electron chi connectivity index (χ3n) is 3.57. The highest BCUT2D eigenvalue weighted by Gasteiger charge is 2.31. The van der Waals surface area contributed by atoms with Crippen LogP contribution in [0.1, 0.15) is 33.6 Å². The average Bonchev–Trinajstić information content (AvgIpc) is 2.61. The van der Waals surface area contributed by atoms with Crippen LogP contribution in [0.4, 0.5) is 0 Å². The molecule has 0 saturated carbocycles. The first kappa shape index (κ1) is 13.5. The zero-order chi connectivity index (χ0) is 12.3. The van der Waals surface area contributed by atoms with E-state index in [1.165, 1.54) is 6.42 Å². The summed E-state index contributed by atoms with van der Waals surface area (Å²) in [4.78, 5) is 12.9. The Morgan fingerprint density at radius 1 is 1.56 bits per heavy atom. The van der Waals surface area contributed by atoms with Gasteiger partial charge in [0.1, 0.15) is 6.04 Å². The number of carboxylic acid groups (broad SMARTS) is 1. The lowest BCUT2D eigenvalue weighted by Crippen LogP contribution is -2.35. The first-order valence-electron chi connectivity index (χ1n) is 6.01. The molecule has 4 heteroatoms. The highest BCUT2D eigenvalue weighted by Crippen LogP contribution is 2.33. The Bertz CT molecular complexity index is 248. The third-order valence-corrected chi connectivity index (χ3v) is 3.57. The second-order valence-corrected chi connectivity index (χ2v) is 5.89. The molecule has 3 N–H and O–H groups in total. The van der Waals surface area contributed by atoms with E-state index in [4.69, 9.17) is 10.8 Å². The van der Waals surface area contributed by atoms with Gasteiger partial charge < -0.3 is 15.7 Å². The molecule has 2 atom stereocenters. The number of carboxylic acids is 1. The Morgan fingerprint density at radius 3 is 2.62 bits per heavy atom. The molecule has 0 aromatic heterocycles. The monoisotopic (exact) mass is 228 g/mol. The van der Waals surface area contributed by atoms with Crippen LogP contribution in [0.15, 0.2) is 0 Å². The van der Waals surface area contributed by atoms with Gasteiger partial charge in [0.25, 0.3) is 0 Å². The fourth-order valence-corrected chi connectivity index (χ4v) is 2.19. The van der Waals surface area contributed by atoms with Crippen LogP contribution in [0.2, 0.25) is 0 Å². The molecule has 4 nitrogen and oxygen atoms in total. The highest BCUT2D eigenvalue weighted by atomic mass is 16.4. The van der Waals surface area contributed by atoms with Gasteiger partial charge in [-0.1, -0.05) is 20.8 Å². The molecule has 0 amide bonds. The lowest BCUT2D eigenvalue weighted by Gasteiger charge is -2.27. The molecule has 1 rings (SSSR count). The second-order valence-electron chi connectivity index (χ2n) is 5.89. The lowest BCUT2D eigenvalue weighted by atomic mass is 9.80. The second kappa shape index (κ2) is 5.15. The van der Waals surface area contributed by atoms with Gasteiger partial charge in [0, 0.05) is 13.1 Å². The Balaban J connectivity index is 2.30. The first-order valence-corrected chi connectivity index (χ1v) is 6.01.